The summed E-state index contributed by atoms with van der Waals surface area (Å²) in [4.78, 5) is 17.9. The minimum atomic E-state index is -0.936. The standard InChI is InChI=1S/C20H21N3O2/c1-14(2)22(3)17-6-4-5-15(13-17)7-8-16-9-10-18-21-11-12-23(18)19(16)20(24)25/h4-6,9-13H,1,7-8H2,2-3H3,(H,24,25). The Kier molecular flexibility index (Phi) is 4.57. The fourth-order valence-electron chi connectivity index (χ4n) is 2.90. The Morgan fingerprint density at radius 2 is 2.08 bits per heavy atom. The number of aromatic nitrogens is 2. The minimum absolute atomic E-state index is 0.283. The topological polar surface area (TPSA) is 57.8 Å². The predicted octanol–water partition coefficient (Wildman–Crippen LogP) is 3.79. The van der Waals surface area contributed by atoms with E-state index in [0.717, 1.165) is 28.9 Å². The number of rotatable bonds is 6. The van der Waals surface area contributed by atoms with Crippen LogP contribution in [0.3, 0.4) is 0 Å². The predicted molar refractivity (Wildman–Crippen MR) is 99.2 cm³/mol. The molecule has 5 heteroatoms. The zero-order valence-electron chi connectivity index (χ0n) is 14.4. The number of fused-ring (bicyclic) bond motifs is 1. The summed E-state index contributed by atoms with van der Waals surface area (Å²) in [5.74, 6) is -0.936. The highest BCUT2D eigenvalue weighted by Gasteiger charge is 2.15. The molecule has 0 aliphatic heterocycles. The molecule has 25 heavy (non-hydrogen) atoms. The van der Waals surface area contributed by atoms with Crippen molar-refractivity contribution in [2.45, 2.75) is 19.8 Å². The van der Waals surface area contributed by atoms with Crippen molar-refractivity contribution < 1.29 is 9.90 Å². The number of pyridine rings is 1. The Balaban J connectivity index is 1.86. The van der Waals surface area contributed by atoms with Crippen molar-refractivity contribution in [2.75, 3.05) is 11.9 Å². The molecule has 0 atom stereocenters. The lowest BCUT2D eigenvalue weighted by Crippen LogP contribution is -2.13. The molecule has 2 aromatic heterocycles. The fraction of sp³-hybridized carbons (Fsp3) is 0.200. The van der Waals surface area contributed by atoms with E-state index in [1.165, 1.54) is 0 Å². The summed E-state index contributed by atoms with van der Waals surface area (Å²) in [6.07, 6.45) is 4.71. The van der Waals surface area contributed by atoms with Crippen LogP contribution in [-0.2, 0) is 12.8 Å². The molecule has 3 aromatic rings. The monoisotopic (exact) mass is 335 g/mol. The number of nitrogens with zero attached hydrogens (tertiary/aromatic N) is 3. The third-order valence-corrected chi connectivity index (χ3v) is 4.40. The maximum absolute atomic E-state index is 11.7. The maximum atomic E-state index is 11.7. The summed E-state index contributed by atoms with van der Waals surface area (Å²) in [6, 6.07) is 11.9. The number of anilines is 1. The highest BCUT2D eigenvalue weighted by atomic mass is 16.4. The number of benzene rings is 1. The maximum Gasteiger partial charge on any atom is 0.353 e. The molecular formula is C20H21N3O2. The molecule has 0 amide bonds. The average Bonchev–Trinajstić information content (AvgIpc) is 3.07. The molecule has 1 N–H and O–H groups in total. The third kappa shape index (κ3) is 3.40. The van der Waals surface area contributed by atoms with Crippen LogP contribution >= 0.6 is 0 Å². The second-order valence-electron chi connectivity index (χ2n) is 6.13. The average molecular weight is 335 g/mol. The van der Waals surface area contributed by atoms with Crippen molar-refractivity contribution in [3.8, 4) is 0 Å². The molecule has 1 aromatic carbocycles. The van der Waals surface area contributed by atoms with E-state index >= 15 is 0 Å². The summed E-state index contributed by atoms with van der Waals surface area (Å²) in [6.45, 7) is 5.93. The van der Waals surface area contributed by atoms with Gasteiger partial charge in [-0.05, 0) is 49.1 Å². The van der Waals surface area contributed by atoms with E-state index in [0.29, 0.717) is 12.1 Å². The highest BCUT2D eigenvalue weighted by Crippen LogP contribution is 2.20. The van der Waals surface area contributed by atoms with Crippen molar-refractivity contribution >= 4 is 17.3 Å². The number of carboxylic acids is 1. The van der Waals surface area contributed by atoms with E-state index in [1.54, 1.807) is 16.8 Å². The summed E-state index contributed by atoms with van der Waals surface area (Å²) >= 11 is 0. The number of carbonyl (C=O) groups is 1. The lowest BCUT2D eigenvalue weighted by Gasteiger charge is -2.19. The van der Waals surface area contributed by atoms with E-state index in [2.05, 4.69) is 23.7 Å². The van der Waals surface area contributed by atoms with Gasteiger partial charge in [-0.15, -0.1) is 0 Å². The normalized spacial score (nSPS) is 10.8. The van der Waals surface area contributed by atoms with Crippen molar-refractivity contribution in [3.05, 3.63) is 77.9 Å². The summed E-state index contributed by atoms with van der Waals surface area (Å²) in [5.41, 5.74) is 4.94. The summed E-state index contributed by atoms with van der Waals surface area (Å²) in [7, 11) is 1.98. The van der Waals surface area contributed by atoms with E-state index < -0.39 is 5.97 Å². The Morgan fingerprint density at radius 3 is 2.80 bits per heavy atom. The van der Waals surface area contributed by atoms with Gasteiger partial charge in [-0.3, -0.25) is 4.40 Å². The molecule has 0 aliphatic carbocycles. The first-order chi connectivity index (χ1) is 12.0. The Hall–Kier alpha value is -3.08. The number of carboxylic acid groups (broad SMARTS) is 1. The summed E-state index contributed by atoms with van der Waals surface area (Å²) < 4.78 is 1.63. The molecule has 0 spiro atoms. The quantitative estimate of drug-likeness (QED) is 0.745. The minimum Gasteiger partial charge on any atom is -0.477 e. The van der Waals surface area contributed by atoms with Gasteiger partial charge in [0.1, 0.15) is 11.3 Å². The molecule has 0 saturated heterocycles. The van der Waals surface area contributed by atoms with Crippen LogP contribution in [-0.4, -0.2) is 27.5 Å². The van der Waals surface area contributed by atoms with E-state index in [-0.39, 0.29) is 5.69 Å². The zero-order valence-corrected chi connectivity index (χ0v) is 14.4. The Morgan fingerprint density at radius 1 is 1.28 bits per heavy atom. The SMILES string of the molecule is C=C(C)N(C)c1cccc(CCc2ccc3nccn3c2C(=O)O)c1. The van der Waals surface area contributed by atoms with Crippen molar-refractivity contribution in [1.82, 2.24) is 9.38 Å². The van der Waals surface area contributed by atoms with Crippen LogP contribution in [0.5, 0.6) is 0 Å². The lowest BCUT2D eigenvalue weighted by molar-refractivity contribution is 0.0687. The molecule has 5 nitrogen and oxygen atoms in total. The van der Waals surface area contributed by atoms with Crippen LogP contribution in [0.4, 0.5) is 5.69 Å². The number of allylic oxidation sites excluding steroid dienone is 1. The van der Waals surface area contributed by atoms with Gasteiger partial charge in [0, 0.05) is 30.8 Å². The molecular weight excluding hydrogens is 314 g/mol. The second-order valence-corrected chi connectivity index (χ2v) is 6.13. The van der Waals surface area contributed by atoms with Gasteiger partial charge >= 0.3 is 5.97 Å². The number of imidazole rings is 1. The van der Waals surface area contributed by atoms with Gasteiger partial charge < -0.3 is 10.0 Å². The fourth-order valence-corrected chi connectivity index (χ4v) is 2.90. The second kappa shape index (κ2) is 6.81. The molecule has 0 unspecified atom stereocenters. The smallest absolute Gasteiger partial charge is 0.353 e. The third-order valence-electron chi connectivity index (χ3n) is 4.40. The molecule has 2 heterocycles. The summed E-state index contributed by atoms with van der Waals surface area (Å²) in [5, 5.41) is 9.59. The molecule has 3 rings (SSSR count). The van der Waals surface area contributed by atoms with Crippen LogP contribution in [0, 0.1) is 0 Å². The van der Waals surface area contributed by atoms with Crippen molar-refractivity contribution in [2.24, 2.45) is 0 Å². The molecule has 128 valence electrons. The van der Waals surface area contributed by atoms with Gasteiger partial charge in [-0.2, -0.15) is 0 Å². The van der Waals surface area contributed by atoms with E-state index in [4.69, 9.17) is 0 Å². The number of hydrogen-bond donors (Lipinski definition) is 1. The van der Waals surface area contributed by atoms with Gasteiger partial charge in [0.05, 0.1) is 0 Å². The zero-order chi connectivity index (χ0) is 18.0. The molecule has 0 aliphatic rings. The van der Waals surface area contributed by atoms with Gasteiger partial charge in [0.15, 0.2) is 0 Å². The first-order valence-corrected chi connectivity index (χ1v) is 8.14. The molecule has 0 fully saturated rings. The molecule has 0 saturated carbocycles. The first-order valence-electron chi connectivity index (χ1n) is 8.14. The number of aromatic carboxylic acids is 1. The lowest BCUT2D eigenvalue weighted by atomic mass is 10.0. The van der Waals surface area contributed by atoms with Gasteiger partial charge in [0.2, 0.25) is 0 Å². The highest BCUT2D eigenvalue weighted by molar-refractivity contribution is 5.88. The molecule has 0 radical (unpaired) electrons. The van der Waals surface area contributed by atoms with Gasteiger partial charge in [0.25, 0.3) is 0 Å². The Labute approximate surface area is 146 Å². The van der Waals surface area contributed by atoms with Crippen molar-refractivity contribution in [1.29, 1.82) is 0 Å². The largest absolute Gasteiger partial charge is 0.477 e. The molecule has 0 bridgehead atoms. The van der Waals surface area contributed by atoms with Gasteiger partial charge in [-0.1, -0.05) is 24.8 Å². The van der Waals surface area contributed by atoms with Crippen LogP contribution in [0.1, 0.15) is 28.5 Å². The van der Waals surface area contributed by atoms with Crippen LogP contribution in [0.15, 0.2) is 61.1 Å². The van der Waals surface area contributed by atoms with E-state index in [9.17, 15) is 9.90 Å². The van der Waals surface area contributed by atoms with Crippen LogP contribution < -0.4 is 4.90 Å². The van der Waals surface area contributed by atoms with Crippen molar-refractivity contribution in [3.63, 3.8) is 0 Å². The van der Waals surface area contributed by atoms with E-state index in [1.807, 2.05) is 43.1 Å². The van der Waals surface area contributed by atoms with Crippen LogP contribution in [0.25, 0.3) is 5.65 Å². The Bertz CT molecular complexity index is 943. The van der Waals surface area contributed by atoms with Crippen LogP contribution in [0.2, 0.25) is 0 Å². The number of hydrogen-bond acceptors (Lipinski definition) is 3. The first kappa shape index (κ1) is 16.8. The number of aryl methyl sites for hydroxylation is 2. The van der Waals surface area contributed by atoms with Gasteiger partial charge in [-0.25, -0.2) is 9.78 Å².